The van der Waals surface area contributed by atoms with E-state index in [0.29, 0.717) is 10.6 Å². The molecule has 0 aliphatic rings. The van der Waals surface area contributed by atoms with Gasteiger partial charge in [-0.3, -0.25) is 10.1 Å². The highest BCUT2D eigenvalue weighted by Gasteiger charge is 2.19. The molecule has 21 heavy (non-hydrogen) atoms. The summed E-state index contributed by atoms with van der Waals surface area (Å²) in [6.07, 6.45) is 0. The van der Waals surface area contributed by atoms with Crippen molar-refractivity contribution in [1.82, 2.24) is 4.98 Å². The van der Waals surface area contributed by atoms with Crippen LogP contribution in [0.15, 0.2) is 18.2 Å². The number of benzene rings is 1. The zero-order valence-corrected chi connectivity index (χ0v) is 13.4. The molecule has 0 aliphatic carbocycles. The number of anilines is 1. The smallest absolute Gasteiger partial charge is 0.350 e. The summed E-state index contributed by atoms with van der Waals surface area (Å²) in [6.45, 7) is 1.65. The molecule has 0 aliphatic heterocycles. The number of aryl methyl sites for hydroxylation is 1. The lowest BCUT2D eigenvalue weighted by molar-refractivity contribution is 0.0605. The maximum absolute atomic E-state index is 12.2. The van der Waals surface area contributed by atoms with Crippen molar-refractivity contribution in [2.75, 3.05) is 12.4 Å². The van der Waals surface area contributed by atoms with Crippen LogP contribution in [0.5, 0.6) is 0 Å². The van der Waals surface area contributed by atoms with Gasteiger partial charge in [-0.25, -0.2) is 9.78 Å². The molecule has 2 aromatic rings. The number of carbonyl (C=O) groups excluding carboxylic acids is 2. The van der Waals surface area contributed by atoms with E-state index in [1.165, 1.54) is 7.11 Å². The van der Waals surface area contributed by atoms with Gasteiger partial charge in [-0.1, -0.05) is 40.6 Å². The van der Waals surface area contributed by atoms with Gasteiger partial charge in [0.25, 0.3) is 5.91 Å². The van der Waals surface area contributed by atoms with Crippen molar-refractivity contribution >= 4 is 51.5 Å². The van der Waals surface area contributed by atoms with Gasteiger partial charge in [-0.2, -0.15) is 0 Å². The topological polar surface area (TPSA) is 68.3 Å². The molecule has 0 bridgehead atoms. The van der Waals surface area contributed by atoms with Crippen LogP contribution in [0.1, 0.15) is 25.7 Å². The minimum atomic E-state index is -0.499. The summed E-state index contributed by atoms with van der Waals surface area (Å²) >= 11 is 13.0. The van der Waals surface area contributed by atoms with Crippen molar-refractivity contribution in [3.05, 3.63) is 44.4 Å². The Labute approximate surface area is 134 Å². The largest absolute Gasteiger partial charge is 0.465 e. The summed E-state index contributed by atoms with van der Waals surface area (Å²) in [4.78, 5) is 28.1. The zero-order chi connectivity index (χ0) is 15.6. The molecule has 1 N–H and O–H groups in total. The molecule has 1 heterocycles. The van der Waals surface area contributed by atoms with Gasteiger partial charge in [0.05, 0.1) is 28.4 Å². The second kappa shape index (κ2) is 6.43. The number of esters is 1. The van der Waals surface area contributed by atoms with E-state index in [9.17, 15) is 9.59 Å². The van der Waals surface area contributed by atoms with E-state index >= 15 is 0 Å². The number of hydrogen-bond acceptors (Lipinski definition) is 5. The Bertz CT molecular complexity index is 695. The third-order valence-electron chi connectivity index (χ3n) is 2.58. The number of halogens is 2. The molecular weight excluding hydrogens is 335 g/mol. The van der Waals surface area contributed by atoms with Gasteiger partial charge < -0.3 is 4.74 Å². The van der Waals surface area contributed by atoms with Crippen LogP contribution in [-0.4, -0.2) is 24.0 Å². The average molecular weight is 345 g/mol. The Kier molecular flexibility index (Phi) is 4.82. The number of carbonyl (C=O) groups is 2. The van der Waals surface area contributed by atoms with E-state index in [-0.39, 0.29) is 20.7 Å². The first-order valence-electron chi connectivity index (χ1n) is 5.75. The molecule has 8 heteroatoms. The Morgan fingerprint density at radius 2 is 1.90 bits per heavy atom. The molecule has 0 fully saturated rings. The molecule has 0 saturated carbocycles. The van der Waals surface area contributed by atoms with Crippen LogP contribution in [0.25, 0.3) is 0 Å². The Balaban J connectivity index is 2.26. The van der Waals surface area contributed by atoms with Crippen LogP contribution >= 0.6 is 34.5 Å². The first kappa shape index (κ1) is 15.8. The molecule has 0 radical (unpaired) electrons. The maximum Gasteiger partial charge on any atom is 0.350 e. The van der Waals surface area contributed by atoms with Crippen molar-refractivity contribution in [3.8, 4) is 0 Å². The first-order valence-corrected chi connectivity index (χ1v) is 7.32. The van der Waals surface area contributed by atoms with E-state index in [1.807, 2.05) is 0 Å². The van der Waals surface area contributed by atoms with Crippen molar-refractivity contribution in [2.45, 2.75) is 6.92 Å². The van der Waals surface area contributed by atoms with Gasteiger partial charge >= 0.3 is 5.97 Å². The fourth-order valence-corrected chi connectivity index (χ4v) is 3.06. The van der Waals surface area contributed by atoms with Crippen LogP contribution in [-0.2, 0) is 4.74 Å². The molecule has 1 aromatic heterocycles. The number of thiazole rings is 1. The molecule has 0 spiro atoms. The molecule has 1 aromatic carbocycles. The summed E-state index contributed by atoms with van der Waals surface area (Å²) in [7, 11) is 1.28. The van der Waals surface area contributed by atoms with E-state index in [4.69, 9.17) is 23.2 Å². The summed E-state index contributed by atoms with van der Waals surface area (Å²) in [5, 5.41) is 3.32. The Morgan fingerprint density at radius 3 is 2.48 bits per heavy atom. The molecule has 5 nitrogen and oxygen atoms in total. The zero-order valence-electron chi connectivity index (χ0n) is 11.1. The van der Waals surface area contributed by atoms with E-state index < -0.39 is 11.9 Å². The monoisotopic (exact) mass is 344 g/mol. The van der Waals surface area contributed by atoms with Gasteiger partial charge in [-0.15, -0.1) is 0 Å². The second-order valence-corrected chi connectivity index (χ2v) is 5.79. The van der Waals surface area contributed by atoms with Gasteiger partial charge in [0.2, 0.25) is 0 Å². The lowest BCUT2D eigenvalue weighted by Crippen LogP contribution is -2.12. The number of methoxy groups -OCH3 is 1. The molecule has 0 saturated heterocycles. The molecule has 0 unspecified atom stereocenters. The van der Waals surface area contributed by atoms with Crippen LogP contribution in [0.2, 0.25) is 10.0 Å². The van der Waals surface area contributed by atoms with Crippen LogP contribution in [0.4, 0.5) is 5.13 Å². The molecule has 110 valence electrons. The first-order chi connectivity index (χ1) is 9.93. The standard InChI is InChI=1S/C13H10Cl2N2O3S/c1-6-10(12(19)20-2)21-13(16-6)17-11(18)9-7(14)4-3-5-8(9)15/h3-5H,1-2H3,(H,16,17,18). The quantitative estimate of drug-likeness (QED) is 0.860. The highest BCUT2D eigenvalue weighted by molar-refractivity contribution is 7.17. The molecule has 0 atom stereocenters. The maximum atomic E-state index is 12.2. The van der Waals surface area contributed by atoms with Gasteiger partial charge in [-0.05, 0) is 19.1 Å². The summed E-state index contributed by atoms with van der Waals surface area (Å²) in [6, 6.07) is 4.77. The molecule has 1 amide bonds. The summed E-state index contributed by atoms with van der Waals surface area (Å²) in [5.41, 5.74) is 0.640. The normalized spacial score (nSPS) is 10.3. The van der Waals surface area contributed by atoms with Gasteiger partial charge in [0.1, 0.15) is 4.88 Å². The minimum absolute atomic E-state index is 0.160. The number of amides is 1. The lowest BCUT2D eigenvalue weighted by Gasteiger charge is -2.05. The predicted molar refractivity (Wildman–Crippen MR) is 82.6 cm³/mol. The highest BCUT2D eigenvalue weighted by atomic mass is 35.5. The van der Waals surface area contributed by atoms with Crippen molar-refractivity contribution < 1.29 is 14.3 Å². The second-order valence-electron chi connectivity index (χ2n) is 3.98. The molecule has 2 rings (SSSR count). The number of aromatic nitrogens is 1. The van der Waals surface area contributed by atoms with Crippen molar-refractivity contribution in [2.24, 2.45) is 0 Å². The van der Waals surface area contributed by atoms with E-state index in [0.717, 1.165) is 11.3 Å². The number of nitrogens with zero attached hydrogens (tertiary/aromatic N) is 1. The fourth-order valence-electron chi connectivity index (χ4n) is 1.61. The van der Waals surface area contributed by atoms with E-state index in [2.05, 4.69) is 15.0 Å². The number of hydrogen-bond donors (Lipinski definition) is 1. The average Bonchev–Trinajstić information content (AvgIpc) is 2.78. The third kappa shape index (κ3) is 3.34. The van der Waals surface area contributed by atoms with Crippen LogP contribution < -0.4 is 5.32 Å². The fraction of sp³-hybridized carbons (Fsp3) is 0.154. The number of ether oxygens (including phenoxy) is 1. The Hall–Kier alpha value is -1.63. The SMILES string of the molecule is COC(=O)c1sc(NC(=O)c2c(Cl)cccc2Cl)nc1C. The van der Waals surface area contributed by atoms with Gasteiger partial charge in [0, 0.05) is 0 Å². The van der Waals surface area contributed by atoms with Crippen LogP contribution in [0, 0.1) is 6.92 Å². The van der Waals surface area contributed by atoms with E-state index in [1.54, 1.807) is 25.1 Å². The van der Waals surface area contributed by atoms with Crippen LogP contribution in [0.3, 0.4) is 0 Å². The highest BCUT2D eigenvalue weighted by Crippen LogP contribution is 2.27. The third-order valence-corrected chi connectivity index (χ3v) is 4.26. The van der Waals surface area contributed by atoms with Gasteiger partial charge in [0.15, 0.2) is 5.13 Å². The summed E-state index contributed by atoms with van der Waals surface area (Å²) in [5.74, 6) is -0.989. The Morgan fingerprint density at radius 1 is 1.29 bits per heavy atom. The molecular formula is C13H10Cl2N2O3S. The number of rotatable bonds is 3. The summed E-state index contributed by atoms with van der Waals surface area (Å²) < 4.78 is 4.63. The number of nitrogens with one attached hydrogen (secondary N) is 1. The van der Waals surface area contributed by atoms with Crippen molar-refractivity contribution in [1.29, 1.82) is 0 Å². The lowest BCUT2D eigenvalue weighted by atomic mass is 10.2. The van der Waals surface area contributed by atoms with Crippen molar-refractivity contribution in [3.63, 3.8) is 0 Å². The minimum Gasteiger partial charge on any atom is -0.465 e. The predicted octanol–water partition coefficient (Wildman–Crippen LogP) is 3.80.